The molecule has 1 saturated heterocycles. The average Bonchev–Trinajstić information content (AvgIpc) is 2.48. The number of aromatic nitrogens is 2. The molecule has 2 rings (SSSR count). The zero-order chi connectivity index (χ0) is 14.4. The highest BCUT2D eigenvalue weighted by Gasteiger charge is 2.23. The van der Waals surface area contributed by atoms with Gasteiger partial charge in [0.15, 0.2) is 0 Å². The summed E-state index contributed by atoms with van der Waals surface area (Å²) in [6.07, 6.45) is 5.15. The van der Waals surface area contributed by atoms with Gasteiger partial charge in [0.1, 0.15) is 17.2 Å². The van der Waals surface area contributed by atoms with Gasteiger partial charge < -0.3 is 15.0 Å². The predicted molar refractivity (Wildman–Crippen MR) is 79.1 cm³/mol. The molecular weight excluding hydrogens is 276 g/mol. The largest absolute Gasteiger partial charge is 0.450 e. The average molecular weight is 296 g/mol. The number of hydrogen-bond donors (Lipinski definition) is 1. The quantitative estimate of drug-likeness (QED) is 0.679. The van der Waals surface area contributed by atoms with Gasteiger partial charge in [-0.25, -0.2) is 14.8 Å². The summed E-state index contributed by atoms with van der Waals surface area (Å²) in [6, 6.07) is 2.29. The number of hydrogen-bond acceptors (Lipinski definition) is 6. The molecule has 6 nitrogen and oxygen atoms in total. The number of rotatable bonds is 4. The zero-order valence-corrected chi connectivity index (χ0v) is 12.7. The van der Waals surface area contributed by atoms with Crippen molar-refractivity contribution < 1.29 is 9.53 Å². The lowest BCUT2D eigenvalue weighted by molar-refractivity contribution is 0.0983. The molecule has 0 aliphatic carbocycles. The summed E-state index contributed by atoms with van der Waals surface area (Å²) in [5.74, 6) is 0.846. The monoisotopic (exact) mass is 296 g/mol. The first kappa shape index (κ1) is 14.9. The van der Waals surface area contributed by atoms with Gasteiger partial charge in [0.2, 0.25) is 0 Å². The van der Waals surface area contributed by atoms with Crippen molar-refractivity contribution in [3.05, 3.63) is 12.4 Å². The van der Waals surface area contributed by atoms with E-state index in [2.05, 4.69) is 15.3 Å². The van der Waals surface area contributed by atoms with Crippen LogP contribution in [0.3, 0.4) is 0 Å². The van der Waals surface area contributed by atoms with E-state index in [9.17, 15) is 4.79 Å². The Labute approximate surface area is 123 Å². The zero-order valence-electron chi connectivity index (χ0n) is 11.8. The smallest absolute Gasteiger partial charge is 0.409 e. The molecule has 0 aromatic carbocycles. The van der Waals surface area contributed by atoms with Crippen molar-refractivity contribution in [2.24, 2.45) is 0 Å². The number of carbonyl (C=O) groups is 1. The lowest BCUT2D eigenvalue weighted by Gasteiger charge is -2.31. The number of ether oxygens (including phenoxy) is 1. The summed E-state index contributed by atoms with van der Waals surface area (Å²) in [4.78, 5) is 21.7. The van der Waals surface area contributed by atoms with E-state index in [-0.39, 0.29) is 6.09 Å². The molecular formula is C13H20N4O2S. The molecule has 0 unspecified atom stereocenters. The molecule has 1 aromatic heterocycles. The standard InChI is InChI=1S/C13H20N4O2S/c1-3-19-13(18)17-6-4-10(5-7-17)16-11-8-12(20-2)15-9-14-11/h8-10H,3-7H2,1-2H3,(H,14,15,16). The Morgan fingerprint density at radius 1 is 1.50 bits per heavy atom. The molecule has 1 fully saturated rings. The van der Waals surface area contributed by atoms with E-state index < -0.39 is 0 Å². The minimum Gasteiger partial charge on any atom is -0.450 e. The van der Waals surface area contributed by atoms with Crippen molar-refractivity contribution in [1.29, 1.82) is 0 Å². The van der Waals surface area contributed by atoms with E-state index in [1.165, 1.54) is 0 Å². The summed E-state index contributed by atoms with van der Waals surface area (Å²) in [6.45, 7) is 3.69. The van der Waals surface area contributed by atoms with Gasteiger partial charge in [0.05, 0.1) is 6.61 Å². The molecule has 0 saturated carbocycles. The van der Waals surface area contributed by atoms with Gasteiger partial charge in [-0.15, -0.1) is 11.8 Å². The van der Waals surface area contributed by atoms with Gasteiger partial charge in [0.25, 0.3) is 0 Å². The number of nitrogens with zero attached hydrogens (tertiary/aromatic N) is 3. The van der Waals surface area contributed by atoms with Crippen LogP contribution in [-0.2, 0) is 4.74 Å². The first-order valence-corrected chi connectivity index (χ1v) is 7.99. The highest BCUT2D eigenvalue weighted by Crippen LogP contribution is 2.18. The molecule has 0 atom stereocenters. The number of piperidine rings is 1. The second-order valence-corrected chi connectivity index (χ2v) is 5.38. The van der Waals surface area contributed by atoms with Gasteiger partial charge in [-0.3, -0.25) is 0 Å². The summed E-state index contributed by atoms with van der Waals surface area (Å²) in [5.41, 5.74) is 0. The van der Waals surface area contributed by atoms with Crippen molar-refractivity contribution in [2.45, 2.75) is 30.8 Å². The number of thioether (sulfide) groups is 1. The van der Waals surface area contributed by atoms with Gasteiger partial charge >= 0.3 is 6.09 Å². The third-order valence-electron chi connectivity index (χ3n) is 3.22. The molecule has 20 heavy (non-hydrogen) atoms. The Hall–Kier alpha value is -1.50. The first-order valence-electron chi connectivity index (χ1n) is 6.77. The first-order chi connectivity index (χ1) is 9.72. The maximum absolute atomic E-state index is 11.6. The van der Waals surface area contributed by atoms with Crippen LogP contribution in [0.25, 0.3) is 0 Å². The molecule has 0 spiro atoms. The van der Waals surface area contributed by atoms with Crippen LogP contribution >= 0.6 is 11.8 Å². The number of amides is 1. The highest BCUT2D eigenvalue weighted by molar-refractivity contribution is 7.98. The molecule has 1 aromatic rings. The van der Waals surface area contributed by atoms with E-state index in [0.29, 0.717) is 12.6 Å². The normalized spacial score (nSPS) is 16.0. The summed E-state index contributed by atoms with van der Waals surface area (Å²) in [5, 5.41) is 4.35. The highest BCUT2D eigenvalue weighted by atomic mass is 32.2. The lowest BCUT2D eigenvalue weighted by Crippen LogP contribution is -2.42. The minimum absolute atomic E-state index is 0.211. The van der Waals surface area contributed by atoms with Crippen LogP contribution in [0.15, 0.2) is 17.4 Å². The number of anilines is 1. The second kappa shape index (κ2) is 7.33. The summed E-state index contributed by atoms with van der Waals surface area (Å²) < 4.78 is 5.01. The SMILES string of the molecule is CCOC(=O)N1CCC(Nc2cc(SC)ncn2)CC1. The third kappa shape index (κ3) is 4.00. The van der Waals surface area contributed by atoms with Crippen molar-refractivity contribution in [3.8, 4) is 0 Å². The third-order valence-corrected chi connectivity index (χ3v) is 3.87. The van der Waals surface area contributed by atoms with Crippen molar-refractivity contribution in [3.63, 3.8) is 0 Å². The Kier molecular flexibility index (Phi) is 5.46. The molecule has 1 amide bonds. The molecule has 110 valence electrons. The van der Waals surface area contributed by atoms with Gasteiger partial charge in [-0.2, -0.15) is 0 Å². The molecule has 2 heterocycles. The van der Waals surface area contributed by atoms with E-state index >= 15 is 0 Å². The summed E-state index contributed by atoms with van der Waals surface area (Å²) in [7, 11) is 0. The lowest BCUT2D eigenvalue weighted by atomic mass is 10.1. The van der Waals surface area contributed by atoms with Crippen molar-refractivity contribution >= 4 is 23.7 Å². The minimum atomic E-state index is -0.211. The predicted octanol–water partition coefficient (Wildman–Crippen LogP) is 2.23. The van der Waals surface area contributed by atoms with E-state index in [4.69, 9.17) is 4.74 Å². The Bertz CT molecular complexity index is 450. The number of carbonyl (C=O) groups excluding carboxylic acids is 1. The molecule has 0 radical (unpaired) electrons. The molecule has 0 bridgehead atoms. The van der Waals surface area contributed by atoms with Crippen molar-refractivity contribution in [1.82, 2.24) is 14.9 Å². The fraction of sp³-hybridized carbons (Fsp3) is 0.615. The van der Waals surface area contributed by atoms with Crippen LogP contribution in [0, 0.1) is 0 Å². The Morgan fingerprint density at radius 2 is 2.25 bits per heavy atom. The fourth-order valence-electron chi connectivity index (χ4n) is 2.16. The van der Waals surface area contributed by atoms with Crippen molar-refractivity contribution in [2.75, 3.05) is 31.3 Å². The van der Waals surface area contributed by atoms with Crippen LogP contribution in [0.5, 0.6) is 0 Å². The van der Waals surface area contributed by atoms with E-state index in [0.717, 1.165) is 36.8 Å². The topological polar surface area (TPSA) is 67.3 Å². The number of nitrogens with one attached hydrogen (secondary N) is 1. The van der Waals surface area contributed by atoms with Crippen LogP contribution < -0.4 is 5.32 Å². The second-order valence-electron chi connectivity index (χ2n) is 4.55. The van der Waals surface area contributed by atoms with Crippen LogP contribution in [-0.4, -0.2) is 53.0 Å². The Morgan fingerprint density at radius 3 is 2.90 bits per heavy atom. The van der Waals surface area contributed by atoms with Crippen LogP contribution in [0.1, 0.15) is 19.8 Å². The molecule has 1 aliphatic heterocycles. The van der Waals surface area contributed by atoms with E-state index in [1.54, 1.807) is 23.0 Å². The van der Waals surface area contributed by atoms with Crippen LogP contribution in [0.2, 0.25) is 0 Å². The number of likely N-dealkylation sites (tertiary alicyclic amines) is 1. The van der Waals surface area contributed by atoms with Crippen LogP contribution in [0.4, 0.5) is 10.6 Å². The van der Waals surface area contributed by atoms with Gasteiger partial charge in [-0.1, -0.05) is 0 Å². The Balaban J connectivity index is 1.83. The van der Waals surface area contributed by atoms with Gasteiger partial charge in [-0.05, 0) is 26.0 Å². The van der Waals surface area contributed by atoms with E-state index in [1.807, 2.05) is 19.2 Å². The summed E-state index contributed by atoms with van der Waals surface area (Å²) >= 11 is 1.59. The maximum Gasteiger partial charge on any atom is 0.409 e. The van der Waals surface area contributed by atoms with Gasteiger partial charge in [0, 0.05) is 25.2 Å². The fourth-order valence-corrected chi connectivity index (χ4v) is 2.54. The molecule has 7 heteroatoms. The molecule has 1 N–H and O–H groups in total. The maximum atomic E-state index is 11.6. The molecule has 1 aliphatic rings.